The van der Waals surface area contributed by atoms with E-state index in [4.69, 9.17) is 15.6 Å². The molecule has 4 heteroatoms. The smallest absolute Gasteiger partial charge is 0.241 e. The molecule has 0 unspecified atom stereocenters. The van der Waals surface area contributed by atoms with Crippen LogP contribution in [0, 0.1) is 0 Å². The van der Waals surface area contributed by atoms with E-state index < -0.39 is 5.91 Å². The van der Waals surface area contributed by atoms with Gasteiger partial charge < -0.3 is 15.6 Å². The molecule has 1 rings (SSSR count). The first-order valence-corrected chi connectivity index (χ1v) is 3.83. The van der Waals surface area contributed by atoms with Crippen molar-refractivity contribution in [1.82, 2.24) is 0 Å². The average molecular weight is 181 g/mol. The van der Waals surface area contributed by atoms with Crippen LogP contribution >= 0.6 is 0 Å². The number of nitrogens with two attached hydrogens (primary N) is 1. The summed E-state index contributed by atoms with van der Waals surface area (Å²) in [6, 6.07) is 0. The second-order valence-electron chi connectivity index (χ2n) is 2.58. The second-order valence-corrected chi connectivity index (χ2v) is 2.58. The van der Waals surface area contributed by atoms with Crippen LogP contribution < -0.4 is 5.73 Å². The molecule has 0 atom stereocenters. The summed E-state index contributed by atoms with van der Waals surface area (Å²) in [5.74, 6) is 0.0532. The van der Waals surface area contributed by atoms with E-state index in [1.54, 1.807) is 12.2 Å². The van der Waals surface area contributed by atoms with E-state index in [2.05, 4.69) is 0 Å². The molecule has 0 saturated carbocycles. The first-order valence-electron chi connectivity index (χ1n) is 3.83. The van der Waals surface area contributed by atoms with Crippen LogP contribution in [0.4, 0.5) is 0 Å². The summed E-state index contributed by atoms with van der Waals surface area (Å²) in [6.07, 6.45) is 6.15. The van der Waals surface area contributed by atoms with E-state index in [9.17, 15) is 4.79 Å². The van der Waals surface area contributed by atoms with Crippen molar-refractivity contribution in [2.24, 2.45) is 5.73 Å². The number of hydrogen-bond acceptors (Lipinski definition) is 3. The van der Waals surface area contributed by atoms with Gasteiger partial charge in [0.05, 0.1) is 6.61 Å². The SMILES string of the molecule is NC(=O)/C=C/C1=CC=C(CO)CO1. The maximum absolute atomic E-state index is 10.4. The van der Waals surface area contributed by atoms with Gasteiger partial charge in [0.25, 0.3) is 0 Å². The number of aliphatic hydroxyl groups excluding tert-OH is 1. The Hall–Kier alpha value is -1.55. The van der Waals surface area contributed by atoms with Crippen molar-refractivity contribution in [3.63, 3.8) is 0 Å². The fourth-order valence-corrected chi connectivity index (χ4v) is 0.839. The molecule has 3 N–H and O–H groups in total. The zero-order chi connectivity index (χ0) is 9.68. The van der Waals surface area contributed by atoms with Crippen molar-refractivity contribution >= 4 is 5.91 Å². The van der Waals surface area contributed by atoms with Crippen LogP contribution in [0.3, 0.4) is 0 Å². The maximum Gasteiger partial charge on any atom is 0.241 e. The summed E-state index contributed by atoms with van der Waals surface area (Å²) in [5.41, 5.74) is 5.70. The van der Waals surface area contributed by atoms with Crippen molar-refractivity contribution in [3.05, 3.63) is 35.6 Å². The van der Waals surface area contributed by atoms with Crippen LogP contribution in [-0.4, -0.2) is 24.2 Å². The van der Waals surface area contributed by atoms with Crippen molar-refractivity contribution in [2.75, 3.05) is 13.2 Å². The first-order chi connectivity index (χ1) is 6.22. The van der Waals surface area contributed by atoms with Gasteiger partial charge in [-0.1, -0.05) is 6.08 Å². The van der Waals surface area contributed by atoms with Gasteiger partial charge in [0.1, 0.15) is 12.4 Å². The first kappa shape index (κ1) is 9.54. The Morgan fingerprint density at radius 3 is 2.92 bits per heavy atom. The highest BCUT2D eigenvalue weighted by atomic mass is 16.5. The quantitative estimate of drug-likeness (QED) is 0.595. The maximum atomic E-state index is 10.4. The molecule has 70 valence electrons. The van der Waals surface area contributed by atoms with Crippen LogP contribution in [0.1, 0.15) is 0 Å². The molecule has 0 saturated heterocycles. The molecule has 0 aromatic carbocycles. The van der Waals surface area contributed by atoms with Crippen molar-refractivity contribution in [3.8, 4) is 0 Å². The molecule has 0 aliphatic carbocycles. The van der Waals surface area contributed by atoms with Gasteiger partial charge in [-0.25, -0.2) is 0 Å². The van der Waals surface area contributed by atoms with Gasteiger partial charge in [0.15, 0.2) is 0 Å². The van der Waals surface area contributed by atoms with Gasteiger partial charge in [-0.05, 0) is 17.7 Å². The molecule has 1 aliphatic heterocycles. The molecule has 0 fully saturated rings. The van der Waals surface area contributed by atoms with E-state index in [-0.39, 0.29) is 6.61 Å². The van der Waals surface area contributed by atoms with E-state index in [1.165, 1.54) is 12.2 Å². The van der Waals surface area contributed by atoms with Crippen LogP contribution in [0.15, 0.2) is 35.6 Å². The van der Waals surface area contributed by atoms with E-state index >= 15 is 0 Å². The largest absolute Gasteiger partial charge is 0.489 e. The fraction of sp³-hybridized carbons (Fsp3) is 0.222. The summed E-state index contributed by atoms with van der Waals surface area (Å²) in [6.45, 7) is 0.342. The van der Waals surface area contributed by atoms with Gasteiger partial charge in [-0.3, -0.25) is 4.79 Å². The molecule has 0 bridgehead atoms. The number of carbonyl (C=O) groups excluding carboxylic acids is 1. The third kappa shape index (κ3) is 3.13. The predicted octanol–water partition coefficient (Wildman–Crippen LogP) is -0.139. The van der Waals surface area contributed by atoms with E-state index in [0.717, 1.165) is 5.57 Å². The predicted molar refractivity (Wildman–Crippen MR) is 47.5 cm³/mol. The number of hydrogen-bond donors (Lipinski definition) is 2. The number of amides is 1. The third-order valence-electron chi connectivity index (χ3n) is 1.52. The van der Waals surface area contributed by atoms with Crippen molar-refractivity contribution in [2.45, 2.75) is 0 Å². The van der Waals surface area contributed by atoms with Crippen molar-refractivity contribution in [1.29, 1.82) is 0 Å². The third-order valence-corrected chi connectivity index (χ3v) is 1.52. The monoisotopic (exact) mass is 181 g/mol. The highest BCUT2D eigenvalue weighted by molar-refractivity contribution is 5.86. The van der Waals surface area contributed by atoms with Gasteiger partial charge >= 0.3 is 0 Å². The lowest BCUT2D eigenvalue weighted by atomic mass is 10.2. The number of aliphatic hydroxyl groups is 1. The molecule has 1 heterocycles. The Morgan fingerprint density at radius 1 is 1.69 bits per heavy atom. The minimum absolute atomic E-state index is 0.0106. The summed E-state index contributed by atoms with van der Waals surface area (Å²) in [4.78, 5) is 10.4. The van der Waals surface area contributed by atoms with E-state index in [1.807, 2.05) is 0 Å². The lowest BCUT2D eigenvalue weighted by molar-refractivity contribution is -0.113. The Balaban J connectivity index is 2.60. The molecule has 0 aromatic heterocycles. The van der Waals surface area contributed by atoms with Crippen LogP contribution in [-0.2, 0) is 9.53 Å². The fourth-order valence-electron chi connectivity index (χ4n) is 0.839. The van der Waals surface area contributed by atoms with E-state index in [0.29, 0.717) is 12.4 Å². The Labute approximate surface area is 76.0 Å². The minimum Gasteiger partial charge on any atom is -0.489 e. The highest BCUT2D eigenvalue weighted by Gasteiger charge is 2.03. The number of primary amides is 1. The lowest BCUT2D eigenvalue weighted by Crippen LogP contribution is -2.08. The minimum atomic E-state index is -0.513. The number of rotatable bonds is 3. The Kier molecular flexibility index (Phi) is 3.28. The zero-order valence-corrected chi connectivity index (χ0v) is 7.06. The van der Waals surface area contributed by atoms with Crippen LogP contribution in [0.25, 0.3) is 0 Å². The topological polar surface area (TPSA) is 72.6 Å². The number of carbonyl (C=O) groups is 1. The van der Waals surface area contributed by atoms with Gasteiger partial charge in [-0.2, -0.15) is 0 Å². The number of ether oxygens (including phenoxy) is 1. The normalized spacial score (nSPS) is 16.4. The summed E-state index contributed by atoms with van der Waals surface area (Å²) in [5, 5.41) is 8.73. The molecule has 4 nitrogen and oxygen atoms in total. The molecule has 0 spiro atoms. The molecule has 13 heavy (non-hydrogen) atoms. The highest BCUT2D eigenvalue weighted by Crippen LogP contribution is 2.10. The molecular formula is C9H11NO3. The Bertz CT molecular complexity index is 289. The summed E-state index contributed by atoms with van der Waals surface area (Å²) in [7, 11) is 0. The van der Waals surface area contributed by atoms with Gasteiger partial charge in [0, 0.05) is 6.08 Å². The number of allylic oxidation sites excluding steroid dienone is 3. The average Bonchev–Trinajstić information content (AvgIpc) is 2.15. The van der Waals surface area contributed by atoms with Crippen molar-refractivity contribution < 1.29 is 14.6 Å². The standard InChI is InChI=1S/C9H11NO3/c10-9(12)4-3-8-2-1-7(5-11)6-13-8/h1-4,11H,5-6H2,(H2,10,12)/b4-3+. The van der Waals surface area contributed by atoms with Crippen LogP contribution in [0.2, 0.25) is 0 Å². The summed E-state index contributed by atoms with van der Waals surface area (Å²) < 4.78 is 5.17. The lowest BCUT2D eigenvalue weighted by Gasteiger charge is -2.12. The molecule has 1 amide bonds. The summed E-state index contributed by atoms with van der Waals surface area (Å²) >= 11 is 0. The molecule has 0 radical (unpaired) electrons. The molecule has 1 aliphatic rings. The van der Waals surface area contributed by atoms with Crippen LogP contribution in [0.5, 0.6) is 0 Å². The molecular weight excluding hydrogens is 170 g/mol. The molecule has 0 aromatic rings. The van der Waals surface area contributed by atoms with Gasteiger partial charge in [-0.15, -0.1) is 0 Å². The van der Waals surface area contributed by atoms with Gasteiger partial charge in [0.2, 0.25) is 5.91 Å². The Morgan fingerprint density at radius 2 is 2.46 bits per heavy atom. The zero-order valence-electron chi connectivity index (χ0n) is 7.06. The second kappa shape index (κ2) is 4.47.